The van der Waals surface area contributed by atoms with E-state index in [2.05, 4.69) is 5.10 Å². The molecule has 7 nitrogen and oxygen atoms in total. The van der Waals surface area contributed by atoms with Crippen LogP contribution in [0.4, 0.5) is 0 Å². The minimum atomic E-state index is -0.554. The number of amides is 1. The third kappa shape index (κ3) is 4.43. The van der Waals surface area contributed by atoms with Gasteiger partial charge in [-0.15, -0.1) is 0 Å². The number of nitrogens with two attached hydrogens (primary N) is 1. The lowest BCUT2D eigenvalue weighted by atomic mass is 10.1. The summed E-state index contributed by atoms with van der Waals surface area (Å²) < 4.78 is 18.8. The summed E-state index contributed by atoms with van der Waals surface area (Å²) in [6, 6.07) is 10.7. The second kappa shape index (κ2) is 7.90. The van der Waals surface area contributed by atoms with Crippen LogP contribution in [0.1, 0.15) is 30.6 Å². The van der Waals surface area contributed by atoms with Gasteiger partial charge in [0.25, 0.3) is 5.91 Å². The maximum atomic E-state index is 11.8. The number of fused-ring (bicyclic) bond motifs is 1. The molecule has 0 spiro atoms. The Morgan fingerprint density at radius 2 is 1.86 bits per heavy atom. The first kappa shape index (κ1) is 19.7. The third-order valence-electron chi connectivity index (χ3n) is 4.69. The summed E-state index contributed by atoms with van der Waals surface area (Å²) in [6.07, 6.45) is 2.46. The summed E-state index contributed by atoms with van der Waals surface area (Å²) in [5.41, 5.74) is 6.45. The number of hydrogen-bond acceptors (Lipinski definition) is 5. The first-order valence-corrected chi connectivity index (χ1v) is 9.00. The minimum Gasteiger partial charge on any atom is -0.493 e. The molecule has 0 unspecified atom stereocenters. The minimum absolute atomic E-state index is 0.224. The molecule has 3 rings (SSSR count). The zero-order chi connectivity index (χ0) is 20.3. The van der Waals surface area contributed by atoms with Crippen LogP contribution in [-0.4, -0.2) is 35.0 Å². The lowest BCUT2D eigenvalue weighted by Gasteiger charge is -2.22. The Balaban J connectivity index is 1.74. The van der Waals surface area contributed by atoms with Gasteiger partial charge >= 0.3 is 0 Å². The smallest absolute Gasteiger partial charge is 0.252 e. The Morgan fingerprint density at radius 1 is 1.18 bits per heavy atom. The van der Waals surface area contributed by atoms with E-state index in [9.17, 15) is 4.79 Å². The molecule has 2 N–H and O–H groups in total. The molecule has 0 aliphatic rings. The van der Waals surface area contributed by atoms with Gasteiger partial charge in [0.2, 0.25) is 0 Å². The fourth-order valence-electron chi connectivity index (χ4n) is 2.71. The van der Waals surface area contributed by atoms with Gasteiger partial charge in [0.1, 0.15) is 17.2 Å². The highest BCUT2D eigenvalue weighted by Crippen LogP contribution is 2.30. The predicted octanol–water partition coefficient (Wildman–Crippen LogP) is 3.66. The first-order valence-electron chi connectivity index (χ1n) is 9.00. The molecule has 2 aromatic carbocycles. The molecule has 148 valence electrons. The van der Waals surface area contributed by atoms with Crippen LogP contribution in [0.3, 0.4) is 0 Å². The molecule has 1 heterocycles. The van der Waals surface area contributed by atoms with Gasteiger partial charge in [-0.25, -0.2) is 0 Å². The van der Waals surface area contributed by atoms with E-state index in [1.165, 1.54) is 0 Å². The molecule has 7 heteroatoms. The van der Waals surface area contributed by atoms with Gasteiger partial charge in [0.05, 0.1) is 29.5 Å². The number of ether oxygens (including phenoxy) is 3. The van der Waals surface area contributed by atoms with Crippen LogP contribution in [0.2, 0.25) is 0 Å². The van der Waals surface area contributed by atoms with Crippen molar-refractivity contribution in [3.8, 4) is 17.2 Å². The molecule has 1 amide bonds. The summed E-state index contributed by atoms with van der Waals surface area (Å²) in [6.45, 7) is 4.58. The van der Waals surface area contributed by atoms with Crippen molar-refractivity contribution in [2.45, 2.75) is 25.9 Å². The van der Waals surface area contributed by atoms with Crippen LogP contribution >= 0.6 is 0 Å². The topological polar surface area (TPSA) is 88.6 Å². The number of carbonyl (C=O) groups is 1. The highest BCUT2D eigenvalue weighted by molar-refractivity contribution is 6.00. The van der Waals surface area contributed by atoms with Crippen molar-refractivity contribution in [1.82, 2.24) is 9.78 Å². The molecule has 0 aliphatic carbocycles. The van der Waals surface area contributed by atoms with Gasteiger partial charge < -0.3 is 19.9 Å². The molecule has 0 radical (unpaired) electrons. The van der Waals surface area contributed by atoms with Crippen LogP contribution in [0, 0.1) is 0 Å². The number of hydrogen-bond donors (Lipinski definition) is 1. The van der Waals surface area contributed by atoms with E-state index >= 15 is 0 Å². The quantitative estimate of drug-likeness (QED) is 0.641. The Hall–Kier alpha value is -3.06. The average Bonchev–Trinajstić information content (AvgIpc) is 3.02. The Kier molecular flexibility index (Phi) is 5.56. The number of methoxy groups -OCH3 is 1. The normalized spacial score (nSPS) is 11.6. The van der Waals surface area contributed by atoms with E-state index < -0.39 is 5.91 Å². The highest BCUT2D eigenvalue weighted by atomic mass is 16.5. The summed E-state index contributed by atoms with van der Waals surface area (Å²) in [5, 5.41) is 5.02. The van der Waals surface area contributed by atoms with E-state index in [-0.39, 0.29) is 5.60 Å². The molecule has 0 atom stereocenters. The molecular weight excluding hydrogens is 358 g/mol. The van der Waals surface area contributed by atoms with Crippen molar-refractivity contribution in [3.63, 3.8) is 0 Å². The standard InChI is InChI=1S/C21H25N3O4/c1-21(2,26-4)9-10-27-15-5-7-16(8-6-15)28-19-12-18-14(13-23-24(18)3)11-17(19)20(22)25/h5-8,11-13H,9-10H2,1-4H3,(H2,22,25). The predicted molar refractivity (Wildman–Crippen MR) is 107 cm³/mol. The summed E-state index contributed by atoms with van der Waals surface area (Å²) in [5.74, 6) is 1.14. The lowest BCUT2D eigenvalue weighted by Crippen LogP contribution is -2.25. The van der Waals surface area contributed by atoms with Crippen LogP contribution in [0.25, 0.3) is 10.9 Å². The third-order valence-corrected chi connectivity index (χ3v) is 4.69. The molecular formula is C21H25N3O4. The molecule has 0 saturated heterocycles. The maximum Gasteiger partial charge on any atom is 0.252 e. The first-order chi connectivity index (χ1) is 13.3. The highest BCUT2D eigenvalue weighted by Gasteiger charge is 2.16. The molecule has 0 fully saturated rings. The second-order valence-corrected chi connectivity index (χ2v) is 7.18. The van der Waals surface area contributed by atoms with E-state index in [4.69, 9.17) is 19.9 Å². The Labute approximate surface area is 164 Å². The van der Waals surface area contributed by atoms with Gasteiger partial charge in [-0.05, 0) is 44.2 Å². The Morgan fingerprint density at radius 3 is 2.50 bits per heavy atom. The number of aromatic nitrogens is 2. The van der Waals surface area contributed by atoms with Gasteiger partial charge in [0.15, 0.2) is 0 Å². The summed E-state index contributed by atoms with van der Waals surface area (Å²) in [7, 11) is 3.52. The number of primary amides is 1. The zero-order valence-electron chi connectivity index (χ0n) is 16.6. The van der Waals surface area contributed by atoms with E-state index in [0.29, 0.717) is 23.7 Å². The number of benzene rings is 2. The number of carbonyl (C=O) groups excluding carboxylic acids is 1. The number of nitrogens with zero attached hydrogens (tertiary/aromatic N) is 2. The fourth-order valence-corrected chi connectivity index (χ4v) is 2.71. The van der Waals surface area contributed by atoms with Crippen LogP contribution < -0.4 is 15.2 Å². The molecule has 3 aromatic rings. The molecule has 0 aliphatic heterocycles. The van der Waals surface area contributed by atoms with Crippen molar-refractivity contribution in [2.24, 2.45) is 12.8 Å². The average molecular weight is 383 g/mol. The monoisotopic (exact) mass is 383 g/mol. The zero-order valence-corrected chi connectivity index (χ0v) is 16.6. The van der Waals surface area contributed by atoms with Gasteiger partial charge in [0, 0.05) is 32.0 Å². The maximum absolute atomic E-state index is 11.8. The molecule has 28 heavy (non-hydrogen) atoms. The molecule has 0 bridgehead atoms. The van der Waals surface area contributed by atoms with Gasteiger partial charge in [-0.2, -0.15) is 5.10 Å². The van der Waals surface area contributed by atoms with Crippen LogP contribution in [-0.2, 0) is 11.8 Å². The van der Waals surface area contributed by atoms with Crippen LogP contribution in [0.15, 0.2) is 42.6 Å². The van der Waals surface area contributed by atoms with Gasteiger partial charge in [-0.1, -0.05) is 0 Å². The number of aryl methyl sites for hydroxylation is 1. The van der Waals surface area contributed by atoms with E-state index in [1.807, 2.05) is 33.0 Å². The summed E-state index contributed by atoms with van der Waals surface area (Å²) >= 11 is 0. The van der Waals surface area contributed by atoms with E-state index in [0.717, 1.165) is 23.1 Å². The van der Waals surface area contributed by atoms with Crippen molar-refractivity contribution < 1.29 is 19.0 Å². The van der Waals surface area contributed by atoms with Crippen LogP contribution in [0.5, 0.6) is 17.2 Å². The largest absolute Gasteiger partial charge is 0.493 e. The lowest BCUT2D eigenvalue weighted by molar-refractivity contribution is 0.00545. The van der Waals surface area contributed by atoms with E-state index in [1.54, 1.807) is 42.3 Å². The van der Waals surface area contributed by atoms with Gasteiger partial charge in [-0.3, -0.25) is 9.48 Å². The van der Waals surface area contributed by atoms with Crippen molar-refractivity contribution in [1.29, 1.82) is 0 Å². The summed E-state index contributed by atoms with van der Waals surface area (Å²) in [4.78, 5) is 11.8. The van der Waals surface area contributed by atoms with Crippen molar-refractivity contribution in [3.05, 3.63) is 48.2 Å². The molecule has 1 aromatic heterocycles. The molecule has 0 saturated carbocycles. The fraction of sp³-hybridized carbons (Fsp3) is 0.333. The van der Waals surface area contributed by atoms with Crippen molar-refractivity contribution >= 4 is 16.8 Å². The second-order valence-electron chi connectivity index (χ2n) is 7.18. The Bertz CT molecular complexity index is 977. The SMILES string of the molecule is COC(C)(C)CCOc1ccc(Oc2cc3c(cnn3C)cc2C(N)=O)cc1. The number of rotatable bonds is 8. The van der Waals surface area contributed by atoms with Crippen molar-refractivity contribution in [2.75, 3.05) is 13.7 Å².